The van der Waals surface area contributed by atoms with Crippen LogP contribution in [-0.2, 0) is 22.6 Å². The summed E-state index contributed by atoms with van der Waals surface area (Å²) in [5, 5.41) is 0. The fourth-order valence-corrected chi connectivity index (χ4v) is 4.62. The van der Waals surface area contributed by atoms with Gasteiger partial charge in [-0.2, -0.15) is 0 Å². The first kappa shape index (κ1) is 19.4. The summed E-state index contributed by atoms with van der Waals surface area (Å²) >= 11 is 1.76. The number of methoxy groups -OCH3 is 1. The van der Waals surface area contributed by atoms with E-state index in [4.69, 9.17) is 4.74 Å². The van der Waals surface area contributed by atoms with Gasteiger partial charge in [-0.3, -0.25) is 9.69 Å². The summed E-state index contributed by atoms with van der Waals surface area (Å²) in [5.74, 6) is 0. The third-order valence-corrected chi connectivity index (χ3v) is 6.46. The van der Waals surface area contributed by atoms with Gasteiger partial charge in [0.1, 0.15) is 6.29 Å². The zero-order chi connectivity index (χ0) is 19.3. The third-order valence-electron chi connectivity index (χ3n) is 5.39. The van der Waals surface area contributed by atoms with Crippen LogP contribution in [0.4, 0.5) is 0 Å². The molecule has 2 aliphatic heterocycles. The SMILES string of the molecule is COCCN1Cc2ccc(-c3ccc(SN4CC=C(C=O)CC4)cc3)cc2C1. The Labute approximate surface area is 171 Å². The third kappa shape index (κ3) is 4.55. The van der Waals surface area contributed by atoms with Gasteiger partial charge in [0.2, 0.25) is 0 Å². The standard InChI is InChI=1S/C23H26N2O2S/c1-27-13-12-24-15-21-3-2-20(14-22(21)16-24)19-4-6-23(7-5-19)28-25-10-8-18(17-26)9-11-25/h2-8,14,17H,9-13,15-16H2,1H3. The van der Waals surface area contributed by atoms with E-state index in [1.807, 2.05) is 6.08 Å². The molecule has 4 nitrogen and oxygen atoms in total. The number of nitrogens with zero attached hydrogens (tertiary/aromatic N) is 2. The molecule has 0 spiro atoms. The van der Waals surface area contributed by atoms with Crippen molar-refractivity contribution in [3.63, 3.8) is 0 Å². The highest BCUT2D eigenvalue weighted by Crippen LogP contribution is 2.31. The lowest BCUT2D eigenvalue weighted by Gasteiger charge is -2.23. The van der Waals surface area contributed by atoms with E-state index in [0.717, 1.165) is 57.6 Å². The molecule has 0 radical (unpaired) electrons. The minimum absolute atomic E-state index is 0.781. The summed E-state index contributed by atoms with van der Waals surface area (Å²) in [7, 11) is 1.76. The number of hydrogen-bond donors (Lipinski definition) is 0. The van der Waals surface area contributed by atoms with Gasteiger partial charge in [0.05, 0.1) is 6.61 Å². The average molecular weight is 395 g/mol. The Hall–Kier alpha value is -1.92. The number of fused-ring (bicyclic) bond motifs is 1. The first-order valence-electron chi connectivity index (χ1n) is 9.76. The molecular weight excluding hydrogens is 368 g/mol. The zero-order valence-corrected chi connectivity index (χ0v) is 17.1. The van der Waals surface area contributed by atoms with Crippen LogP contribution in [0.5, 0.6) is 0 Å². The molecule has 0 N–H and O–H groups in total. The summed E-state index contributed by atoms with van der Waals surface area (Å²) in [6, 6.07) is 15.6. The second kappa shape index (κ2) is 9.05. The number of ether oxygens (including phenoxy) is 1. The molecule has 0 unspecified atom stereocenters. The fraction of sp³-hybridized carbons (Fsp3) is 0.348. The highest BCUT2D eigenvalue weighted by Gasteiger charge is 2.19. The molecule has 0 bridgehead atoms. The van der Waals surface area contributed by atoms with Crippen LogP contribution in [0, 0.1) is 0 Å². The summed E-state index contributed by atoms with van der Waals surface area (Å²) < 4.78 is 7.50. The molecule has 0 aliphatic carbocycles. The van der Waals surface area contributed by atoms with Crippen LogP contribution in [0.1, 0.15) is 17.5 Å². The molecule has 4 rings (SSSR count). The van der Waals surface area contributed by atoms with E-state index in [2.05, 4.69) is 51.7 Å². The van der Waals surface area contributed by atoms with Gasteiger partial charge in [-0.15, -0.1) is 0 Å². The van der Waals surface area contributed by atoms with Crippen molar-refractivity contribution in [1.29, 1.82) is 0 Å². The maximum absolute atomic E-state index is 10.8. The average Bonchev–Trinajstić information content (AvgIpc) is 3.15. The molecule has 146 valence electrons. The topological polar surface area (TPSA) is 32.8 Å². The van der Waals surface area contributed by atoms with Crippen LogP contribution >= 0.6 is 11.9 Å². The number of carbonyl (C=O) groups excluding carboxylic acids is 1. The lowest BCUT2D eigenvalue weighted by Crippen LogP contribution is -2.22. The van der Waals surface area contributed by atoms with E-state index in [-0.39, 0.29) is 0 Å². The first-order valence-corrected chi connectivity index (χ1v) is 10.5. The number of aldehydes is 1. The van der Waals surface area contributed by atoms with Crippen molar-refractivity contribution in [3.05, 3.63) is 65.2 Å². The van der Waals surface area contributed by atoms with Gasteiger partial charge >= 0.3 is 0 Å². The van der Waals surface area contributed by atoms with Crippen LogP contribution < -0.4 is 0 Å². The van der Waals surface area contributed by atoms with Gasteiger partial charge < -0.3 is 4.74 Å². The van der Waals surface area contributed by atoms with Crippen molar-refractivity contribution in [2.45, 2.75) is 24.4 Å². The molecule has 5 heteroatoms. The quantitative estimate of drug-likeness (QED) is 0.520. The molecule has 0 saturated carbocycles. The monoisotopic (exact) mass is 394 g/mol. The van der Waals surface area contributed by atoms with Crippen molar-refractivity contribution in [1.82, 2.24) is 9.21 Å². The summed E-state index contributed by atoms with van der Waals surface area (Å²) in [5.41, 5.74) is 6.31. The summed E-state index contributed by atoms with van der Waals surface area (Å²) in [6.45, 7) is 5.53. The minimum Gasteiger partial charge on any atom is -0.383 e. The van der Waals surface area contributed by atoms with Crippen molar-refractivity contribution >= 4 is 18.2 Å². The molecule has 0 fully saturated rings. The normalized spacial score (nSPS) is 17.4. The number of benzene rings is 2. The van der Waals surface area contributed by atoms with Crippen molar-refractivity contribution in [2.75, 3.05) is 33.4 Å². The molecule has 0 amide bonds. The molecule has 0 atom stereocenters. The second-order valence-corrected chi connectivity index (χ2v) is 8.51. The molecule has 0 saturated heterocycles. The van der Waals surface area contributed by atoms with E-state index in [9.17, 15) is 4.79 Å². The zero-order valence-electron chi connectivity index (χ0n) is 16.3. The highest BCUT2D eigenvalue weighted by molar-refractivity contribution is 7.97. The fourth-order valence-electron chi connectivity index (χ4n) is 3.74. The first-order chi connectivity index (χ1) is 13.7. The van der Waals surface area contributed by atoms with Crippen LogP contribution in [-0.4, -0.2) is 48.8 Å². The molecule has 2 heterocycles. The molecule has 2 aromatic carbocycles. The minimum atomic E-state index is 0.781. The van der Waals surface area contributed by atoms with Gasteiger partial charge in [-0.25, -0.2) is 4.31 Å². The van der Waals surface area contributed by atoms with Gasteiger partial charge in [0.25, 0.3) is 0 Å². The smallest absolute Gasteiger partial charge is 0.145 e. The number of hydrogen-bond acceptors (Lipinski definition) is 5. The van der Waals surface area contributed by atoms with Crippen molar-refractivity contribution in [3.8, 4) is 11.1 Å². The predicted octanol–water partition coefficient (Wildman–Crippen LogP) is 4.15. The second-order valence-electron chi connectivity index (χ2n) is 7.34. The Morgan fingerprint density at radius 3 is 2.57 bits per heavy atom. The van der Waals surface area contributed by atoms with Crippen molar-refractivity contribution in [2.24, 2.45) is 0 Å². The van der Waals surface area contributed by atoms with E-state index in [1.165, 1.54) is 27.1 Å². The Morgan fingerprint density at radius 1 is 1.07 bits per heavy atom. The lowest BCUT2D eigenvalue weighted by atomic mass is 10.0. The maximum Gasteiger partial charge on any atom is 0.145 e. The highest BCUT2D eigenvalue weighted by atomic mass is 32.2. The molecule has 2 aromatic rings. The molecule has 0 aromatic heterocycles. The van der Waals surface area contributed by atoms with Crippen LogP contribution in [0.2, 0.25) is 0 Å². The van der Waals surface area contributed by atoms with E-state index < -0.39 is 0 Å². The largest absolute Gasteiger partial charge is 0.383 e. The van der Waals surface area contributed by atoms with Gasteiger partial charge in [-0.05, 0) is 64.4 Å². The van der Waals surface area contributed by atoms with Crippen LogP contribution in [0.3, 0.4) is 0 Å². The van der Waals surface area contributed by atoms with Gasteiger partial charge in [0.15, 0.2) is 0 Å². The maximum atomic E-state index is 10.8. The molecule has 2 aliphatic rings. The van der Waals surface area contributed by atoms with Crippen molar-refractivity contribution < 1.29 is 9.53 Å². The molecule has 28 heavy (non-hydrogen) atoms. The molecular formula is C23H26N2O2S. The van der Waals surface area contributed by atoms with E-state index in [0.29, 0.717) is 0 Å². The Balaban J connectivity index is 1.40. The van der Waals surface area contributed by atoms with Crippen LogP contribution in [0.15, 0.2) is 59.0 Å². The van der Waals surface area contributed by atoms with E-state index in [1.54, 1.807) is 19.1 Å². The van der Waals surface area contributed by atoms with Gasteiger partial charge in [0, 0.05) is 44.7 Å². The summed E-state index contributed by atoms with van der Waals surface area (Å²) in [6.07, 6.45) is 3.84. The predicted molar refractivity (Wildman–Crippen MR) is 114 cm³/mol. The summed E-state index contributed by atoms with van der Waals surface area (Å²) in [4.78, 5) is 14.5. The Bertz CT molecular complexity index is 863. The van der Waals surface area contributed by atoms with E-state index >= 15 is 0 Å². The lowest BCUT2D eigenvalue weighted by molar-refractivity contribution is -0.105. The Morgan fingerprint density at radius 2 is 1.86 bits per heavy atom. The number of rotatable bonds is 7. The Kier molecular flexibility index (Phi) is 6.27. The van der Waals surface area contributed by atoms with Crippen LogP contribution in [0.25, 0.3) is 11.1 Å². The van der Waals surface area contributed by atoms with Gasteiger partial charge in [-0.1, -0.05) is 30.3 Å². The number of carbonyl (C=O) groups is 1.